The molecular formula is C16H22F3N3O. The van der Waals surface area contributed by atoms with Gasteiger partial charge in [0, 0.05) is 20.1 Å². The van der Waals surface area contributed by atoms with Gasteiger partial charge in [-0.2, -0.15) is 13.2 Å². The molecule has 1 aliphatic heterocycles. The lowest BCUT2D eigenvalue weighted by Gasteiger charge is -2.28. The van der Waals surface area contributed by atoms with Crippen LogP contribution in [-0.4, -0.2) is 53.9 Å². The summed E-state index contributed by atoms with van der Waals surface area (Å²) in [5, 5.41) is 0. The minimum Gasteiger partial charge on any atom is -0.340 e. The number of piperidine rings is 1. The van der Waals surface area contributed by atoms with Gasteiger partial charge in [-0.05, 0) is 45.0 Å². The summed E-state index contributed by atoms with van der Waals surface area (Å²) in [6.45, 7) is 4.86. The molecule has 1 saturated heterocycles. The van der Waals surface area contributed by atoms with Crippen LogP contribution in [0.25, 0.3) is 0 Å². The third-order valence-corrected chi connectivity index (χ3v) is 4.15. The number of halogens is 3. The second kappa shape index (κ2) is 7.29. The van der Waals surface area contributed by atoms with Gasteiger partial charge in [-0.25, -0.2) is 4.98 Å². The molecule has 0 N–H and O–H groups in total. The summed E-state index contributed by atoms with van der Waals surface area (Å²) in [6.07, 6.45) is -0.882. The summed E-state index contributed by atoms with van der Waals surface area (Å²) in [5.74, 6) is -0.291. The highest BCUT2D eigenvalue weighted by Gasteiger charge is 2.33. The second-order valence-electron chi connectivity index (χ2n) is 5.96. The second-order valence-corrected chi connectivity index (χ2v) is 5.96. The van der Waals surface area contributed by atoms with Crippen molar-refractivity contribution in [3.63, 3.8) is 0 Å². The molecule has 0 aliphatic carbocycles. The van der Waals surface area contributed by atoms with Gasteiger partial charge in [0.2, 0.25) is 0 Å². The van der Waals surface area contributed by atoms with Crippen molar-refractivity contribution in [3.8, 4) is 0 Å². The Balaban J connectivity index is 1.98. The molecule has 1 fully saturated rings. The van der Waals surface area contributed by atoms with E-state index in [0.29, 0.717) is 6.54 Å². The number of amides is 1. The minimum atomic E-state index is -4.49. The summed E-state index contributed by atoms with van der Waals surface area (Å²) >= 11 is 0. The largest absolute Gasteiger partial charge is 0.433 e. The van der Waals surface area contributed by atoms with Crippen LogP contribution in [0.1, 0.15) is 41.0 Å². The number of likely N-dealkylation sites (tertiary alicyclic amines) is 1. The van der Waals surface area contributed by atoms with Gasteiger partial charge in [0.25, 0.3) is 5.91 Å². The minimum absolute atomic E-state index is 0.106. The predicted molar refractivity (Wildman–Crippen MR) is 81.2 cm³/mol. The zero-order valence-corrected chi connectivity index (χ0v) is 13.5. The fourth-order valence-corrected chi connectivity index (χ4v) is 2.73. The summed E-state index contributed by atoms with van der Waals surface area (Å²) in [5.41, 5.74) is -0.642. The molecule has 0 unspecified atom stereocenters. The maximum atomic E-state index is 12.6. The molecule has 0 bridgehead atoms. The highest BCUT2D eigenvalue weighted by molar-refractivity contribution is 5.95. The van der Waals surface area contributed by atoms with Crippen LogP contribution in [-0.2, 0) is 6.18 Å². The molecular weight excluding hydrogens is 307 g/mol. The molecule has 0 spiro atoms. The van der Waals surface area contributed by atoms with E-state index in [1.54, 1.807) is 11.9 Å². The van der Waals surface area contributed by atoms with Crippen molar-refractivity contribution in [2.24, 2.45) is 0 Å². The predicted octanol–water partition coefficient (Wildman–Crippen LogP) is 2.97. The average molecular weight is 329 g/mol. The lowest BCUT2D eigenvalue weighted by atomic mass is 10.1. The molecule has 2 rings (SSSR count). The van der Waals surface area contributed by atoms with Crippen LogP contribution in [0.5, 0.6) is 0 Å². The van der Waals surface area contributed by atoms with E-state index in [9.17, 15) is 18.0 Å². The maximum absolute atomic E-state index is 12.6. The first-order chi connectivity index (χ1) is 10.8. The van der Waals surface area contributed by atoms with Gasteiger partial charge in [-0.15, -0.1) is 0 Å². The van der Waals surface area contributed by atoms with Gasteiger partial charge in [-0.3, -0.25) is 4.79 Å². The first-order valence-corrected chi connectivity index (χ1v) is 7.81. The molecule has 0 radical (unpaired) electrons. The fourth-order valence-electron chi connectivity index (χ4n) is 2.73. The van der Waals surface area contributed by atoms with Crippen molar-refractivity contribution in [1.29, 1.82) is 0 Å². The number of hydrogen-bond donors (Lipinski definition) is 0. The normalized spacial score (nSPS) is 16.4. The summed E-state index contributed by atoms with van der Waals surface area (Å²) in [7, 11) is 1.67. The van der Waals surface area contributed by atoms with Crippen molar-refractivity contribution in [3.05, 3.63) is 29.1 Å². The third-order valence-electron chi connectivity index (χ3n) is 4.15. The molecule has 0 saturated carbocycles. The molecule has 0 aromatic carbocycles. The van der Waals surface area contributed by atoms with Gasteiger partial charge in [0.1, 0.15) is 5.69 Å². The molecule has 7 heteroatoms. The molecule has 4 nitrogen and oxygen atoms in total. The van der Waals surface area contributed by atoms with Gasteiger partial charge in [0.15, 0.2) is 0 Å². The van der Waals surface area contributed by atoms with E-state index >= 15 is 0 Å². The van der Waals surface area contributed by atoms with Crippen LogP contribution in [0.2, 0.25) is 0 Å². The van der Waals surface area contributed by atoms with Crippen molar-refractivity contribution in [1.82, 2.24) is 14.8 Å². The Kier molecular flexibility index (Phi) is 5.62. The Hall–Kier alpha value is -1.63. The van der Waals surface area contributed by atoms with Crippen LogP contribution in [0.15, 0.2) is 12.1 Å². The van der Waals surface area contributed by atoms with Crippen molar-refractivity contribution in [2.75, 3.05) is 33.2 Å². The SMILES string of the molecule is Cc1nc(C(F)(F)F)ccc1C(=O)N(C)CCN1CCCCC1. The van der Waals surface area contributed by atoms with E-state index in [4.69, 9.17) is 0 Å². The first kappa shape index (κ1) is 17.7. The maximum Gasteiger partial charge on any atom is 0.433 e. The number of alkyl halides is 3. The van der Waals surface area contributed by atoms with E-state index in [0.717, 1.165) is 25.7 Å². The van der Waals surface area contributed by atoms with Crippen LogP contribution in [0, 0.1) is 6.92 Å². The van der Waals surface area contributed by atoms with E-state index in [2.05, 4.69) is 9.88 Å². The van der Waals surface area contributed by atoms with Crippen molar-refractivity contribution >= 4 is 5.91 Å². The number of rotatable bonds is 4. The van der Waals surface area contributed by atoms with Gasteiger partial charge >= 0.3 is 6.18 Å². The molecule has 128 valence electrons. The quantitative estimate of drug-likeness (QED) is 0.852. The lowest BCUT2D eigenvalue weighted by molar-refractivity contribution is -0.141. The van der Waals surface area contributed by atoms with Crippen LogP contribution in [0.3, 0.4) is 0 Å². The Labute approximate surface area is 134 Å². The number of carbonyl (C=O) groups is 1. The van der Waals surface area contributed by atoms with Crippen LogP contribution >= 0.6 is 0 Å². The van der Waals surface area contributed by atoms with Crippen LogP contribution < -0.4 is 0 Å². The van der Waals surface area contributed by atoms with E-state index < -0.39 is 11.9 Å². The third kappa shape index (κ3) is 4.67. The van der Waals surface area contributed by atoms with Crippen LogP contribution in [0.4, 0.5) is 13.2 Å². The molecule has 0 atom stereocenters. The molecule has 1 amide bonds. The van der Waals surface area contributed by atoms with Crippen molar-refractivity contribution < 1.29 is 18.0 Å². The zero-order chi connectivity index (χ0) is 17.0. The summed E-state index contributed by atoms with van der Waals surface area (Å²) < 4.78 is 37.9. The van der Waals surface area contributed by atoms with E-state index in [-0.39, 0.29) is 17.2 Å². The molecule has 23 heavy (non-hydrogen) atoms. The summed E-state index contributed by atoms with van der Waals surface area (Å²) in [6, 6.07) is 2.07. The standard InChI is InChI=1S/C16H22F3N3O/c1-12-13(6-7-14(20-12)16(17,18)19)15(23)21(2)10-11-22-8-4-3-5-9-22/h6-7H,3-5,8-11H2,1-2H3. The van der Waals surface area contributed by atoms with Gasteiger partial charge in [-0.1, -0.05) is 6.42 Å². The smallest absolute Gasteiger partial charge is 0.340 e. The number of likely N-dealkylation sites (N-methyl/N-ethyl adjacent to an activating group) is 1. The van der Waals surface area contributed by atoms with Crippen molar-refractivity contribution in [2.45, 2.75) is 32.4 Å². The number of aromatic nitrogens is 1. The Morgan fingerprint density at radius 2 is 1.91 bits per heavy atom. The topological polar surface area (TPSA) is 36.4 Å². The Morgan fingerprint density at radius 1 is 1.26 bits per heavy atom. The lowest BCUT2D eigenvalue weighted by Crippen LogP contribution is -2.38. The van der Waals surface area contributed by atoms with Gasteiger partial charge in [0.05, 0.1) is 11.3 Å². The number of aryl methyl sites for hydroxylation is 1. The molecule has 1 aromatic rings. The average Bonchev–Trinajstić information content (AvgIpc) is 2.52. The molecule has 1 aromatic heterocycles. The number of carbonyl (C=O) groups excluding carboxylic acids is 1. The molecule has 2 heterocycles. The molecule has 1 aliphatic rings. The monoisotopic (exact) mass is 329 g/mol. The van der Waals surface area contributed by atoms with Gasteiger partial charge < -0.3 is 9.80 Å². The fraction of sp³-hybridized carbons (Fsp3) is 0.625. The Morgan fingerprint density at radius 3 is 2.48 bits per heavy atom. The Bertz CT molecular complexity index is 554. The highest BCUT2D eigenvalue weighted by atomic mass is 19.4. The highest BCUT2D eigenvalue weighted by Crippen LogP contribution is 2.28. The zero-order valence-electron chi connectivity index (χ0n) is 13.5. The van der Waals surface area contributed by atoms with E-state index in [1.807, 2.05) is 0 Å². The van der Waals surface area contributed by atoms with E-state index in [1.165, 1.54) is 32.3 Å². The first-order valence-electron chi connectivity index (χ1n) is 7.81. The number of pyridine rings is 1. The number of nitrogens with zero attached hydrogens (tertiary/aromatic N) is 3. The summed E-state index contributed by atoms with van der Waals surface area (Å²) in [4.78, 5) is 19.8. The number of hydrogen-bond acceptors (Lipinski definition) is 3.